The van der Waals surface area contributed by atoms with Crippen LogP contribution < -0.4 is 4.80 Å². The van der Waals surface area contributed by atoms with Crippen LogP contribution in [0.25, 0.3) is 0 Å². The lowest BCUT2D eigenvalue weighted by Gasteiger charge is -2.08. The summed E-state index contributed by atoms with van der Waals surface area (Å²) >= 11 is 13.8. The number of pyridine rings is 1. The molecule has 0 saturated carbocycles. The van der Waals surface area contributed by atoms with Gasteiger partial charge in [0.1, 0.15) is 0 Å². The molecular weight excluding hydrogens is 349 g/mol. The lowest BCUT2D eigenvalue weighted by Crippen LogP contribution is -2.17. The van der Waals surface area contributed by atoms with Gasteiger partial charge in [-0.05, 0) is 43.2 Å². The summed E-state index contributed by atoms with van der Waals surface area (Å²) in [6, 6.07) is 9.46. The Kier molecular flexibility index (Phi) is 5.16. The first-order chi connectivity index (χ1) is 11.1. The summed E-state index contributed by atoms with van der Waals surface area (Å²) in [6.45, 7) is 2.90. The Labute approximate surface area is 148 Å². The van der Waals surface area contributed by atoms with Gasteiger partial charge in [0.25, 0.3) is 0 Å². The molecule has 0 aliphatic heterocycles. The van der Waals surface area contributed by atoms with Crippen LogP contribution in [-0.4, -0.2) is 9.55 Å². The van der Waals surface area contributed by atoms with Crippen molar-refractivity contribution in [3.8, 4) is 0 Å². The van der Waals surface area contributed by atoms with Gasteiger partial charge in [-0.3, -0.25) is 4.98 Å². The largest absolute Gasteiger partial charge is 0.321 e. The second-order valence-electron chi connectivity index (χ2n) is 5.12. The number of halogens is 2. The van der Waals surface area contributed by atoms with E-state index in [2.05, 4.69) is 26.8 Å². The van der Waals surface area contributed by atoms with E-state index in [-0.39, 0.29) is 0 Å². The van der Waals surface area contributed by atoms with Gasteiger partial charge in [0.15, 0.2) is 4.80 Å². The van der Waals surface area contributed by atoms with Gasteiger partial charge < -0.3 is 4.57 Å². The van der Waals surface area contributed by atoms with Crippen LogP contribution in [0.3, 0.4) is 0 Å². The van der Waals surface area contributed by atoms with E-state index in [1.807, 2.05) is 24.3 Å². The Hall–Kier alpha value is -1.62. The van der Waals surface area contributed by atoms with E-state index in [0.717, 1.165) is 29.0 Å². The van der Waals surface area contributed by atoms with Crippen LogP contribution in [0.1, 0.15) is 11.3 Å². The van der Waals surface area contributed by atoms with Crippen molar-refractivity contribution in [1.82, 2.24) is 9.55 Å². The fraction of sp³-hybridized carbons (Fsp3) is 0.176. The van der Waals surface area contributed by atoms with E-state index in [1.165, 1.54) is 5.69 Å². The molecule has 0 radical (unpaired) electrons. The molecule has 0 saturated heterocycles. The highest BCUT2D eigenvalue weighted by Gasteiger charge is 2.05. The molecule has 0 fully saturated rings. The summed E-state index contributed by atoms with van der Waals surface area (Å²) in [5, 5.41) is 3.47. The van der Waals surface area contributed by atoms with Gasteiger partial charge in [-0.2, -0.15) is 0 Å². The molecule has 0 bridgehead atoms. The van der Waals surface area contributed by atoms with E-state index < -0.39 is 0 Å². The molecule has 0 unspecified atom stereocenters. The fourth-order valence-corrected chi connectivity index (χ4v) is 3.69. The van der Waals surface area contributed by atoms with Crippen LogP contribution in [0.2, 0.25) is 10.0 Å². The first kappa shape index (κ1) is 16.2. The predicted octanol–water partition coefficient (Wildman–Crippen LogP) is 5.03. The molecule has 0 N–H and O–H groups in total. The molecular formula is C17H15Cl2N3S. The number of aromatic nitrogens is 2. The summed E-state index contributed by atoms with van der Waals surface area (Å²) in [7, 11) is 0. The molecule has 3 nitrogen and oxygen atoms in total. The van der Waals surface area contributed by atoms with E-state index in [0.29, 0.717) is 10.0 Å². The maximum absolute atomic E-state index is 6.26. The van der Waals surface area contributed by atoms with E-state index in [9.17, 15) is 0 Å². The lowest BCUT2D eigenvalue weighted by molar-refractivity contribution is 0.658. The number of nitrogens with zero attached hydrogens (tertiary/aromatic N) is 3. The third kappa shape index (κ3) is 4.02. The third-order valence-electron chi connectivity index (χ3n) is 3.48. The second kappa shape index (κ2) is 7.30. The zero-order chi connectivity index (χ0) is 16.2. The van der Waals surface area contributed by atoms with Crippen LogP contribution >= 0.6 is 34.5 Å². The third-order valence-corrected chi connectivity index (χ3v) is 5.05. The predicted molar refractivity (Wildman–Crippen MR) is 96.7 cm³/mol. The number of hydrogen-bond acceptors (Lipinski definition) is 3. The SMILES string of the molecule is Cc1csc(=Nc2cccnc2)n1CCc1ccc(Cl)cc1Cl. The van der Waals surface area contributed by atoms with Crippen molar-refractivity contribution in [3.05, 3.63) is 74.2 Å². The summed E-state index contributed by atoms with van der Waals surface area (Å²) in [5.41, 5.74) is 3.12. The molecule has 0 spiro atoms. The van der Waals surface area contributed by atoms with Gasteiger partial charge in [0, 0.05) is 33.9 Å². The highest BCUT2D eigenvalue weighted by molar-refractivity contribution is 7.07. The maximum Gasteiger partial charge on any atom is 0.190 e. The topological polar surface area (TPSA) is 30.2 Å². The molecule has 0 atom stereocenters. The number of thiazole rings is 1. The quantitative estimate of drug-likeness (QED) is 0.638. The highest BCUT2D eigenvalue weighted by atomic mass is 35.5. The molecule has 6 heteroatoms. The van der Waals surface area contributed by atoms with Crippen molar-refractivity contribution < 1.29 is 0 Å². The van der Waals surface area contributed by atoms with Crippen molar-refractivity contribution in [2.24, 2.45) is 4.99 Å². The molecule has 0 aliphatic carbocycles. The van der Waals surface area contributed by atoms with Gasteiger partial charge in [0.05, 0.1) is 11.9 Å². The summed E-state index contributed by atoms with van der Waals surface area (Å²) in [4.78, 5) is 9.74. The number of hydrogen-bond donors (Lipinski definition) is 0. The second-order valence-corrected chi connectivity index (χ2v) is 6.80. The van der Waals surface area contributed by atoms with Crippen LogP contribution in [-0.2, 0) is 13.0 Å². The molecule has 118 valence electrons. The minimum absolute atomic E-state index is 0.658. The van der Waals surface area contributed by atoms with Crippen molar-refractivity contribution >= 4 is 40.2 Å². The van der Waals surface area contributed by atoms with Crippen molar-refractivity contribution in [2.45, 2.75) is 19.9 Å². The monoisotopic (exact) mass is 363 g/mol. The average molecular weight is 364 g/mol. The zero-order valence-electron chi connectivity index (χ0n) is 12.5. The van der Waals surface area contributed by atoms with Crippen LogP contribution in [0.4, 0.5) is 5.69 Å². The van der Waals surface area contributed by atoms with Crippen molar-refractivity contribution in [1.29, 1.82) is 0 Å². The maximum atomic E-state index is 6.26. The first-order valence-electron chi connectivity index (χ1n) is 7.17. The molecule has 2 heterocycles. The minimum atomic E-state index is 0.658. The van der Waals surface area contributed by atoms with Gasteiger partial charge >= 0.3 is 0 Å². The average Bonchev–Trinajstić information content (AvgIpc) is 2.88. The smallest absolute Gasteiger partial charge is 0.190 e. The normalized spacial score (nSPS) is 11.9. The van der Waals surface area contributed by atoms with Crippen molar-refractivity contribution in [3.63, 3.8) is 0 Å². The Morgan fingerprint density at radius 1 is 1.26 bits per heavy atom. The summed E-state index contributed by atoms with van der Waals surface area (Å²) < 4.78 is 2.20. The van der Waals surface area contributed by atoms with Crippen LogP contribution in [0, 0.1) is 6.92 Å². The van der Waals surface area contributed by atoms with E-state index in [1.54, 1.807) is 29.8 Å². The van der Waals surface area contributed by atoms with Crippen LogP contribution in [0.5, 0.6) is 0 Å². The first-order valence-corrected chi connectivity index (χ1v) is 8.80. The van der Waals surface area contributed by atoms with E-state index in [4.69, 9.17) is 23.2 Å². The Bertz CT molecular complexity index is 869. The van der Waals surface area contributed by atoms with Gasteiger partial charge in [-0.1, -0.05) is 29.3 Å². The molecule has 23 heavy (non-hydrogen) atoms. The van der Waals surface area contributed by atoms with Crippen LogP contribution in [0.15, 0.2) is 53.1 Å². The molecule has 0 aliphatic rings. The minimum Gasteiger partial charge on any atom is -0.321 e. The lowest BCUT2D eigenvalue weighted by atomic mass is 10.1. The van der Waals surface area contributed by atoms with E-state index >= 15 is 0 Å². The molecule has 3 aromatic rings. The number of rotatable bonds is 4. The molecule has 0 amide bonds. The van der Waals surface area contributed by atoms with Gasteiger partial charge in [-0.25, -0.2) is 4.99 Å². The van der Waals surface area contributed by atoms with Crippen molar-refractivity contribution in [2.75, 3.05) is 0 Å². The standard InChI is InChI=1S/C17H15Cl2N3S/c1-12-11-23-17(21-15-3-2-7-20-10-15)22(12)8-6-13-4-5-14(18)9-16(13)19/h2-5,7,9-11H,6,8H2,1H3. The Morgan fingerprint density at radius 3 is 2.87 bits per heavy atom. The molecule has 3 rings (SSSR count). The van der Waals surface area contributed by atoms with Gasteiger partial charge in [-0.15, -0.1) is 11.3 Å². The number of benzene rings is 1. The summed E-state index contributed by atoms with van der Waals surface area (Å²) in [6.07, 6.45) is 4.33. The zero-order valence-corrected chi connectivity index (χ0v) is 14.9. The summed E-state index contributed by atoms with van der Waals surface area (Å²) in [5.74, 6) is 0. The fourth-order valence-electron chi connectivity index (χ4n) is 2.26. The molecule has 2 aromatic heterocycles. The Balaban J connectivity index is 1.86. The Morgan fingerprint density at radius 2 is 2.13 bits per heavy atom. The highest BCUT2D eigenvalue weighted by Crippen LogP contribution is 2.21. The molecule has 1 aromatic carbocycles. The number of aryl methyl sites for hydroxylation is 2. The van der Waals surface area contributed by atoms with Gasteiger partial charge in [0.2, 0.25) is 0 Å².